The molecular weight excluding hydrogens is 250 g/mol. The Balaban J connectivity index is 1.75. The molecule has 4 nitrogen and oxygen atoms in total. The minimum absolute atomic E-state index is 0.0250. The fourth-order valence-corrected chi connectivity index (χ4v) is 2.79. The molecule has 0 bridgehead atoms. The molecule has 4 heteroatoms. The molecule has 0 saturated carbocycles. The summed E-state index contributed by atoms with van der Waals surface area (Å²) in [6.07, 6.45) is 7.72. The maximum atomic E-state index is 12.4. The van der Waals surface area contributed by atoms with Crippen LogP contribution in [0.25, 0.3) is 0 Å². The van der Waals surface area contributed by atoms with Gasteiger partial charge in [0.1, 0.15) is 5.82 Å². The molecule has 1 aliphatic rings. The smallest absolute Gasteiger partial charge is 0.251 e. The molecule has 1 aliphatic carbocycles. The summed E-state index contributed by atoms with van der Waals surface area (Å²) in [6.45, 7) is 2.04. The lowest BCUT2D eigenvalue weighted by Gasteiger charge is -2.15. The predicted molar refractivity (Wildman–Crippen MR) is 77.6 cm³/mol. The number of aryl methyl sites for hydroxylation is 2. The molecule has 0 aliphatic heterocycles. The largest absolute Gasteiger partial charge is 0.347 e. The van der Waals surface area contributed by atoms with Crippen LogP contribution in [0.1, 0.15) is 53.1 Å². The Kier molecular flexibility index (Phi) is 3.54. The highest BCUT2D eigenvalue weighted by Gasteiger charge is 2.18. The minimum Gasteiger partial charge on any atom is -0.347 e. The normalized spacial score (nSPS) is 14.8. The third-order valence-electron chi connectivity index (χ3n) is 3.92. The van der Waals surface area contributed by atoms with E-state index >= 15 is 0 Å². The number of H-pyrrole nitrogens is 1. The van der Waals surface area contributed by atoms with Gasteiger partial charge in [0.15, 0.2) is 0 Å². The highest BCUT2D eigenvalue weighted by Crippen LogP contribution is 2.23. The molecule has 1 heterocycles. The zero-order valence-electron chi connectivity index (χ0n) is 11.6. The quantitative estimate of drug-likeness (QED) is 0.896. The van der Waals surface area contributed by atoms with E-state index in [9.17, 15) is 4.79 Å². The van der Waals surface area contributed by atoms with Crippen LogP contribution >= 0.6 is 0 Å². The molecule has 0 spiro atoms. The lowest BCUT2D eigenvalue weighted by molar-refractivity contribution is 0.0934. The van der Waals surface area contributed by atoms with E-state index in [1.165, 1.54) is 17.5 Å². The van der Waals surface area contributed by atoms with Gasteiger partial charge < -0.3 is 10.3 Å². The Morgan fingerprint density at radius 2 is 2.25 bits per heavy atom. The zero-order chi connectivity index (χ0) is 13.9. The van der Waals surface area contributed by atoms with Gasteiger partial charge in [0, 0.05) is 18.0 Å². The summed E-state index contributed by atoms with van der Waals surface area (Å²) < 4.78 is 0. The molecule has 3 rings (SSSR count). The van der Waals surface area contributed by atoms with Crippen molar-refractivity contribution >= 4 is 5.91 Å². The highest BCUT2D eigenvalue weighted by molar-refractivity contribution is 5.94. The number of nitrogens with zero attached hydrogens (tertiary/aromatic N) is 1. The van der Waals surface area contributed by atoms with Gasteiger partial charge in [-0.05, 0) is 48.9 Å². The van der Waals surface area contributed by atoms with Crippen LogP contribution in [-0.2, 0) is 12.8 Å². The maximum Gasteiger partial charge on any atom is 0.251 e. The van der Waals surface area contributed by atoms with E-state index in [4.69, 9.17) is 0 Å². The molecule has 1 aromatic carbocycles. The Morgan fingerprint density at radius 3 is 3.00 bits per heavy atom. The Hall–Kier alpha value is -2.10. The summed E-state index contributed by atoms with van der Waals surface area (Å²) in [4.78, 5) is 19.6. The van der Waals surface area contributed by atoms with Gasteiger partial charge >= 0.3 is 0 Å². The summed E-state index contributed by atoms with van der Waals surface area (Å²) in [5.74, 6) is 0.782. The Labute approximate surface area is 118 Å². The molecule has 0 saturated heterocycles. The van der Waals surface area contributed by atoms with Crippen LogP contribution in [-0.4, -0.2) is 15.9 Å². The first-order chi connectivity index (χ1) is 9.78. The molecule has 0 fully saturated rings. The van der Waals surface area contributed by atoms with Crippen molar-refractivity contribution in [1.29, 1.82) is 0 Å². The fraction of sp³-hybridized carbons (Fsp3) is 0.375. The van der Waals surface area contributed by atoms with E-state index in [1.807, 2.05) is 19.1 Å². The van der Waals surface area contributed by atoms with Crippen LogP contribution in [0.5, 0.6) is 0 Å². The molecule has 1 aromatic heterocycles. The standard InChI is InChI=1S/C16H19N3O/c1-2-14(15-17-8-9-18-15)19-16(20)13-7-6-11-4-3-5-12(11)10-13/h6-10,14H,2-5H2,1H3,(H,17,18)(H,19,20). The van der Waals surface area contributed by atoms with Crippen molar-refractivity contribution in [1.82, 2.24) is 15.3 Å². The summed E-state index contributed by atoms with van der Waals surface area (Å²) >= 11 is 0. The number of rotatable bonds is 4. The fourth-order valence-electron chi connectivity index (χ4n) is 2.79. The van der Waals surface area contributed by atoms with E-state index in [0.29, 0.717) is 0 Å². The lowest BCUT2D eigenvalue weighted by Crippen LogP contribution is -2.29. The number of carbonyl (C=O) groups is 1. The third kappa shape index (κ3) is 2.46. The lowest BCUT2D eigenvalue weighted by atomic mass is 10.1. The van der Waals surface area contributed by atoms with Crippen LogP contribution in [0.4, 0.5) is 0 Å². The van der Waals surface area contributed by atoms with E-state index in [0.717, 1.165) is 30.7 Å². The minimum atomic E-state index is -0.0641. The van der Waals surface area contributed by atoms with Crippen molar-refractivity contribution in [2.45, 2.75) is 38.6 Å². The van der Waals surface area contributed by atoms with Gasteiger partial charge in [0.05, 0.1) is 6.04 Å². The summed E-state index contributed by atoms with van der Waals surface area (Å²) in [7, 11) is 0. The second kappa shape index (κ2) is 5.49. The number of hydrogen-bond acceptors (Lipinski definition) is 2. The number of hydrogen-bond donors (Lipinski definition) is 2. The van der Waals surface area contributed by atoms with Crippen LogP contribution in [0.3, 0.4) is 0 Å². The van der Waals surface area contributed by atoms with Crippen LogP contribution in [0, 0.1) is 0 Å². The van der Waals surface area contributed by atoms with Gasteiger partial charge in [-0.15, -0.1) is 0 Å². The van der Waals surface area contributed by atoms with Crippen molar-refractivity contribution in [2.24, 2.45) is 0 Å². The summed E-state index contributed by atoms with van der Waals surface area (Å²) in [5, 5.41) is 3.04. The van der Waals surface area contributed by atoms with Crippen molar-refractivity contribution in [3.05, 3.63) is 53.1 Å². The average Bonchev–Trinajstić information content (AvgIpc) is 3.14. The molecule has 0 radical (unpaired) electrons. The van der Waals surface area contributed by atoms with Gasteiger partial charge in [0.25, 0.3) is 5.91 Å². The molecule has 1 amide bonds. The number of fused-ring (bicyclic) bond motifs is 1. The van der Waals surface area contributed by atoms with Gasteiger partial charge in [-0.1, -0.05) is 13.0 Å². The van der Waals surface area contributed by atoms with Gasteiger partial charge in [-0.25, -0.2) is 4.98 Å². The second-order valence-corrected chi connectivity index (χ2v) is 5.25. The van der Waals surface area contributed by atoms with Crippen LogP contribution in [0.2, 0.25) is 0 Å². The van der Waals surface area contributed by atoms with Gasteiger partial charge in [-0.3, -0.25) is 4.79 Å². The maximum absolute atomic E-state index is 12.4. The Bertz CT molecular complexity index is 604. The van der Waals surface area contributed by atoms with Crippen molar-refractivity contribution in [3.63, 3.8) is 0 Å². The molecule has 2 N–H and O–H groups in total. The predicted octanol–water partition coefficient (Wildman–Crippen LogP) is 2.78. The van der Waals surface area contributed by atoms with Crippen molar-refractivity contribution < 1.29 is 4.79 Å². The van der Waals surface area contributed by atoms with E-state index < -0.39 is 0 Å². The molecule has 104 valence electrons. The van der Waals surface area contributed by atoms with E-state index in [2.05, 4.69) is 21.4 Å². The number of carbonyl (C=O) groups excluding carboxylic acids is 1. The monoisotopic (exact) mass is 269 g/mol. The molecule has 1 atom stereocenters. The first kappa shape index (κ1) is 12.9. The third-order valence-corrected chi connectivity index (χ3v) is 3.92. The number of imidazole rings is 1. The number of benzene rings is 1. The van der Waals surface area contributed by atoms with Crippen LogP contribution < -0.4 is 5.32 Å². The van der Waals surface area contributed by atoms with E-state index in [1.54, 1.807) is 12.4 Å². The first-order valence-electron chi connectivity index (χ1n) is 7.20. The molecule has 1 unspecified atom stereocenters. The first-order valence-corrected chi connectivity index (χ1v) is 7.20. The number of aromatic amines is 1. The zero-order valence-corrected chi connectivity index (χ0v) is 11.6. The Morgan fingerprint density at radius 1 is 1.40 bits per heavy atom. The second-order valence-electron chi connectivity index (χ2n) is 5.25. The van der Waals surface area contributed by atoms with Gasteiger partial charge in [0.2, 0.25) is 0 Å². The summed E-state index contributed by atoms with van der Waals surface area (Å²) in [5.41, 5.74) is 3.46. The van der Waals surface area contributed by atoms with Gasteiger partial charge in [-0.2, -0.15) is 0 Å². The number of amides is 1. The van der Waals surface area contributed by atoms with Crippen molar-refractivity contribution in [3.8, 4) is 0 Å². The number of aromatic nitrogens is 2. The molecule has 2 aromatic rings. The SMILES string of the molecule is CCC(NC(=O)c1ccc2c(c1)CCC2)c1ncc[nH]1. The molecule has 20 heavy (non-hydrogen) atoms. The highest BCUT2D eigenvalue weighted by atomic mass is 16.1. The van der Waals surface area contributed by atoms with Crippen LogP contribution in [0.15, 0.2) is 30.6 Å². The number of nitrogens with one attached hydrogen (secondary N) is 2. The van der Waals surface area contributed by atoms with E-state index in [-0.39, 0.29) is 11.9 Å². The molecular formula is C16H19N3O. The average molecular weight is 269 g/mol. The summed E-state index contributed by atoms with van der Waals surface area (Å²) in [6, 6.07) is 5.98. The topological polar surface area (TPSA) is 57.8 Å². The van der Waals surface area contributed by atoms with Crippen molar-refractivity contribution in [2.75, 3.05) is 0 Å².